The zero-order valence-corrected chi connectivity index (χ0v) is 21.2. The van der Waals surface area contributed by atoms with E-state index >= 15 is 4.57 Å². The molecule has 0 radical (unpaired) electrons. The second kappa shape index (κ2) is 7.95. The molecule has 2 heterocycles. The smallest absolute Gasteiger partial charge is 0.185 e. The van der Waals surface area contributed by atoms with Crippen molar-refractivity contribution in [3.63, 3.8) is 0 Å². The number of hydrogen-bond donors (Lipinski definition) is 0. The minimum atomic E-state index is -3.24. The maximum absolute atomic E-state index is 15.3. The molecule has 0 bridgehead atoms. The fourth-order valence-electron chi connectivity index (χ4n) is 5.71. The monoisotopic (exact) mass is 508 g/mol. The van der Waals surface area contributed by atoms with E-state index in [2.05, 4.69) is 42.5 Å². The van der Waals surface area contributed by atoms with Crippen molar-refractivity contribution in [3.05, 3.63) is 127 Å². The van der Waals surface area contributed by atoms with Gasteiger partial charge >= 0.3 is 0 Å². The van der Waals surface area contributed by atoms with Gasteiger partial charge in [-0.1, -0.05) is 91.0 Å². The Bertz CT molecular complexity index is 1960. The third-order valence-corrected chi connectivity index (χ3v) is 10.6. The fourth-order valence-corrected chi connectivity index (χ4v) is 8.76. The van der Waals surface area contributed by atoms with E-state index in [4.69, 9.17) is 9.47 Å². The third kappa shape index (κ3) is 3.00. The number of benzene rings is 6. The van der Waals surface area contributed by atoms with Crippen LogP contribution in [-0.2, 0) is 4.57 Å². The molecule has 0 spiro atoms. The van der Waals surface area contributed by atoms with Gasteiger partial charge in [0.1, 0.15) is 28.3 Å². The molecule has 6 aromatic rings. The summed E-state index contributed by atoms with van der Waals surface area (Å²) >= 11 is 0. The van der Waals surface area contributed by atoms with Crippen LogP contribution in [0.15, 0.2) is 127 Å². The lowest BCUT2D eigenvalue weighted by molar-refractivity contribution is 0.464. The lowest BCUT2D eigenvalue weighted by Gasteiger charge is -2.35. The van der Waals surface area contributed by atoms with Crippen molar-refractivity contribution in [3.8, 4) is 45.3 Å². The number of hydrogen-bond acceptors (Lipinski definition) is 3. The average molecular weight is 509 g/mol. The highest BCUT2D eigenvalue weighted by atomic mass is 31.2. The molecule has 8 rings (SSSR count). The van der Waals surface area contributed by atoms with Gasteiger partial charge in [0, 0.05) is 5.39 Å². The molecule has 1 unspecified atom stereocenters. The van der Waals surface area contributed by atoms with E-state index in [1.807, 2.05) is 84.9 Å². The maximum Gasteiger partial charge on any atom is 0.185 e. The molecule has 0 aromatic heterocycles. The maximum atomic E-state index is 15.3. The van der Waals surface area contributed by atoms with E-state index in [-0.39, 0.29) is 0 Å². The van der Waals surface area contributed by atoms with Crippen LogP contribution in [0.1, 0.15) is 0 Å². The van der Waals surface area contributed by atoms with Crippen molar-refractivity contribution < 1.29 is 14.0 Å². The molecule has 0 amide bonds. The van der Waals surface area contributed by atoms with Crippen LogP contribution in [-0.4, -0.2) is 0 Å². The van der Waals surface area contributed by atoms with Crippen molar-refractivity contribution in [2.75, 3.05) is 0 Å². The van der Waals surface area contributed by atoms with Crippen LogP contribution in [0.2, 0.25) is 0 Å². The van der Waals surface area contributed by atoms with Gasteiger partial charge in [-0.05, 0) is 64.0 Å². The van der Waals surface area contributed by atoms with Gasteiger partial charge in [-0.2, -0.15) is 0 Å². The molecule has 0 N–H and O–H groups in total. The molecule has 4 heteroatoms. The molecule has 180 valence electrons. The lowest BCUT2D eigenvalue weighted by atomic mass is 9.98. The van der Waals surface area contributed by atoms with Crippen LogP contribution in [0.4, 0.5) is 0 Å². The summed E-state index contributed by atoms with van der Waals surface area (Å²) in [6.07, 6.45) is 0. The van der Waals surface area contributed by atoms with E-state index in [1.54, 1.807) is 0 Å². The van der Waals surface area contributed by atoms with Crippen molar-refractivity contribution in [2.24, 2.45) is 0 Å². The van der Waals surface area contributed by atoms with Crippen LogP contribution in [0.3, 0.4) is 0 Å². The zero-order chi connectivity index (χ0) is 25.3. The highest BCUT2D eigenvalue weighted by Gasteiger charge is 2.46. The van der Waals surface area contributed by atoms with Crippen LogP contribution < -0.4 is 25.4 Å². The molecular weight excluding hydrogens is 487 g/mol. The predicted octanol–water partition coefficient (Wildman–Crippen LogP) is 8.02. The zero-order valence-electron chi connectivity index (χ0n) is 20.3. The molecule has 1 atom stereocenters. The van der Waals surface area contributed by atoms with E-state index in [1.165, 1.54) is 0 Å². The van der Waals surface area contributed by atoms with Crippen molar-refractivity contribution >= 4 is 33.8 Å². The summed E-state index contributed by atoms with van der Waals surface area (Å²) < 4.78 is 28.4. The summed E-state index contributed by atoms with van der Waals surface area (Å²) in [5.41, 5.74) is 4.27. The van der Waals surface area contributed by atoms with E-state index in [0.717, 1.165) is 38.3 Å². The first kappa shape index (κ1) is 21.5. The molecule has 0 fully saturated rings. The second-order valence-corrected chi connectivity index (χ2v) is 12.3. The number of ether oxygens (including phenoxy) is 2. The largest absolute Gasteiger partial charge is 0.456 e. The van der Waals surface area contributed by atoms with Gasteiger partial charge in [0.05, 0.1) is 10.6 Å². The molecule has 3 nitrogen and oxygen atoms in total. The molecule has 6 aromatic carbocycles. The predicted molar refractivity (Wildman–Crippen MR) is 154 cm³/mol. The van der Waals surface area contributed by atoms with Crippen LogP contribution >= 0.6 is 7.14 Å². The standard InChI is InChI=1S/C34H21O3P/c35-38-31-16-7-6-15-28(31)36-29-20-26(25-13-8-12-24(19-25)22-9-2-1-3-10-22)21-30(34(29)38)37-33-27-14-5-4-11-23(27)17-18-32(33)38/h1-21H. The van der Waals surface area contributed by atoms with Gasteiger partial charge < -0.3 is 14.0 Å². The third-order valence-electron chi connectivity index (χ3n) is 7.49. The number of fused-ring (bicyclic) bond motifs is 6. The Hall–Kier alpha value is -4.59. The van der Waals surface area contributed by atoms with Gasteiger partial charge in [0.2, 0.25) is 0 Å². The SMILES string of the molecule is O=P12c3ccccc3Oc3cc(-c4cccc(-c5ccccc5)c4)cc(c31)Oc1c2ccc2ccccc12. The number of rotatable bonds is 2. The minimum absolute atomic E-state index is 0.587. The molecular formula is C34H21O3P. The molecule has 2 aliphatic rings. The van der Waals surface area contributed by atoms with Crippen LogP contribution in [0.25, 0.3) is 33.0 Å². The Morgan fingerprint density at radius 3 is 2.03 bits per heavy atom. The van der Waals surface area contributed by atoms with Crippen molar-refractivity contribution in [1.29, 1.82) is 0 Å². The molecule has 0 saturated carbocycles. The van der Waals surface area contributed by atoms with E-state index in [9.17, 15) is 0 Å². The van der Waals surface area contributed by atoms with Gasteiger partial charge in [0.15, 0.2) is 7.14 Å². The summed E-state index contributed by atoms with van der Waals surface area (Å²) in [7, 11) is -3.24. The Balaban J connectivity index is 1.39. The first-order valence-corrected chi connectivity index (χ1v) is 14.3. The summed E-state index contributed by atoms with van der Waals surface area (Å²) in [6.45, 7) is 0. The Morgan fingerprint density at radius 2 is 1.16 bits per heavy atom. The second-order valence-electron chi connectivity index (χ2n) is 9.68. The van der Waals surface area contributed by atoms with Gasteiger partial charge in [-0.15, -0.1) is 0 Å². The highest BCUT2D eigenvalue weighted by molar-refractivity contribution is 7.86. The van der Waals surface area contributed by atoms with E-state index in [0.29, 0.717) is 33.6 Å². The van der Waals surface area contributed by atoms with Gasteiger partial charge in [0.25, 0.3) is 0 Å². The molecule has 0 aliphatic carbocycles. The van der Waals surface area contributed by atoms with E-state index < -0.39 is 7.14 Å². The average Bonchev–Trinajstić information content (AvgIpc) is 2.97. The normalized spacial score (nSPS) is 16.5. The van der Waals surface area contributed by atoms with Crippen LogP contribution in [0.5, 0.6) is 23.0 Å². The Labute approximate surface area is 220 Å². The quantitative estimate of drug-likeness (QED) is 0.222. The highest BCUT2D eigenvalue weighted by Crippen LogP contribution is 2.59. The Morgan fingerprint density at radius 1 is 0.474 bits per heavy atom. The molecule has 38 heavy (non-hydrogen) atoms. The lowest BCUT2D eigenvalue weighted by Crippen LogP contribution is -2.35. The number of para-hydroxylation sites is 1. The summed E-state index contributed by atoms with van der Waals surface area (Å²) in [5, 5.41) is 4.08. The minimum Gasteiger partial charge on any atom is -0.456 e. The summed E-state index contributed by atoms with van der Waals surface area (Å²) in [4.78, 5) is 0. The fraction of sp³-hybridized carbons (Fsp3) is 0. The van der Waals surface area contributed by atoms with Gasteiger partial charge in [-0.25, -0.2) is 0 Å². The topological polar surface area (TPSA) is 35.5 Å². The summed E-state index contributed by atoms with van der Waals surface area (Å²) in [5.74, 6) is 2.47. The molecule has 0 saturated heterocycles. The van der Waals surface area contributed by atoms with Crippen molar-refractivity contribution in [1.82, 2.24) is 0 Å². The molecule has 2 aliphatic heterocycles. The first-order chi connectivity index (χ1) is 18.7. The Kier molecular flexibility index (Phi) is 4.50. The first-order valence-electron chi connectivity index (χ1n) is 12.6. The van der Waals surface area contributed by atoms with Crippen LogP contribution in [0, 0.1) is 0 Å². The van der Waals surface area contributed by atoms with Crippen molar-refractivity contribution in [2.45, 2.75) is 0 Å². The van der Waals surface area contributed by atoms with Gasteiger partial charge in [-0.3, -0.25) is 0 Å². The summed E-state index contributed by atoms with van der Waals surface area (Å²) in [6, 6.07) is 42.5.